The van der Waals surface area contributed by atoms with E-state index in [1.54, 1.807) is 7.11 Å². The lowest BCUT2D eigenvalue weighted by Gasteiger charge is -2.38. The molecule has 4 nitrogen and oxygen atoms in total. The van der Waals surface area contributed by atoms with Gasteiger partial charge in [-0.2, -0.15) is 0 Å². The largest absolute Gasteiger partial charge is 0.496 e. The fourth-order valence-electron chi connectivity index (χ4n) is 3.72. The van der Waals surface area contributed by atoms with Crippen molar-refractivity contribution in [2.75, 3.05) is 26.9 Å². The average molecular weight is 353 g/mol. The Bertz CT molecular complexity index is 751. The van der Waals surface area contributed by atoms with Gasteiger partial charge in [-0.25, -0.2) is 0 Å². The van der Waals surface area contributed by atoms with Crippen LogP contribution in [0.5, 0.6) is 5.75 Å². The van der Waals surface area contributed by atoms with Gasteiger partial charge in [0.2, 0.25) is 5.91 Å². The van der Waals surface area contributed by atoms with Crippen LogP contribution in [0.1, 0.15) is 29.5 Å². The monoisotopic (exact) mass is 353 g/mol. The van der Waals surface area contributed by atoms with Crippen LogP contribution in [-0.2, 0) is 21.4 Å². The Kier molecular flexibility index (Phi) is 5.94. The maximum Gasteiger partial charge on any atom is 0.224 e. The number of rotatable bonds is 6. The summed E-state index contributed by atoms with van der Waals surface area (Å²) in [5.41, 5.74) is 3.22. The highest BCUT2D eigenvalue weighted by molar-refractivity contribution is 5.78. The molecule has 0 spiro atoms. The molecule has 1 aliphatic heterocycles. The Morgan fingerprint density at radius 3 is 2.65 bits per heavy atom. The summed E-state index contributed by atoms with van der Waals surface area (Å²) in [6.07, 6.45) is 2.15. The predicted molar refractivity (Wildman–Crippen MR) is 103 cm³/mol. The molecule has 0 aliphatic carbocycles. The highest BCUT2D eigenvalue weighted by atomic mass is 16.5. The molecule has 1 saturated heterocycles. The highest BCUT2D eigenvalue weighted by Gasteiger charge is 2.37. The van der Waals surface area contributed by atoms with Gasteiger partial charge >= 0.3 is 0 Å². The van der Waals surface area contributed by atoms with Gasteiger partial charge in [-0.3, -0.25) is 4.79 Å². The van der Waals surface area contributed by atoms with Crippen LogP contribution in [0.2, 0.25) is 0 Å². The SMILES string of the molecule is COc1ccccc1C1(CNC(=O)Cc2cccc(C)c2)CCOCC1. The molecular weight excluding hydrogens is 326 g/mol. The molecule has 1 heterocycles. The number of ether oxygens (including phenoxy) is 2. The Hall–Kier alpha value is -2.33. The van der Waals surface area contributed by atoms with E-state index in [2.05, 4.69) is 17.4 Å². The van der Waals surface area contributed by atoms with Crippen LogP contribution in [0.15, 0.2) is 48.5 Å². The number of hydrogen-bond acceptors (Lipinski definition) is 3. The summed E-state index contributed by atoms with van der Waals surface area (Å²) in [6.45, 7) is 4.04. The molecule has 4 heteroatoms. The molecule has 0 bridgehead atoms. The van der Waals surface area contributed by atoms with Crippen LogP contribution >= 0.6 is 0 Å². The fraction of sp³-hybridized carbons (Fsp3) is 0.409. The van der Waals surface area contributed by atoms with E-state index in [-0.39, 0.29) is 11.3 Å². The lowest BCUT2D eigenvalue weighted by atomic mass is 9.73. The zero-order chi connectivity index (χ0) is 18.4. The first-order valence-electron chi connectivity index (χ1n) is 9.16. The molecule has 1 aliphatic rings. The van der Waals surface area contributed by atoms with E-state index in [9.17, 15) is 4.79 Å². The maximum atomic E-state index is 12.5. The third-order valence-corrected chi connectivity index (χ3v) is 5.20. The number of carbonyl (C=O) groups excluding carboxylic acids is 1. The van der Waals surface area contributed by atoms with Crippen LogP contribution in [0, 0.1) is 6.92 Å². The van der Waals surface area contributed by atoms with Gasteiger partial charge in [0.05, 0.1) is 13.5 Å². The summed E-state index contributed by atoms with van der Waals surface area (Å²) in [7, 11) is 1.70. The average Bonchev–Trinajstić information content (AvgIpc) is 2.67. The smallest absolute Gasteiger partial charge is 0.224 e. The Morgan fingerprint density at radius 1 is 1.15 bits per heavy atom. The number of amides is 1. The second-order valence-corrected chi connectivity index (χ2v) is 7.04. The molecule has 2 aromatic carbocycles. The summed E-state index contributed by atoms with van der Waals surface area (Å²) in [5.74, 6) is 0.929. The van der Waals surface area contributed by atoms with Gasteiger partial charge in [-0.05, 0) is 31.4 Å². The van der Waals surface area contributed by atoms with Crippen molar-refractivity contribution < 1.29 is 14.3 Å². The van der Waals surface area contributed by atoms with E-state index in [0.29, 0.717) is 26.2 Å². The topological polar surface area (TPSA) is 47.6 Å². The van der Waals surface area contributed by atoms with Crippen LogP contribution in [-0.4, -0.2) is 32.8 Å². The third-order valence-electron chi connectivity index (χ3n) is 5.20. The van der Waals surface area contributed by atoms with E-state index in [1.807, 2.05) is 43.3 Å². The lowest BCUT2D eigenvalue weighted by Crippen LogP contribution is -2.45. The molecule has 0 saturated carbocycles. The Morgan fingerprint density at radius 2 is 1.92 bits per heavy atom. The van der Waals surface area contributed by atoms with Crippen molar-refractivity contribution in [1.29, 1.82) is 0 Å². The van der Waals surface area contributed by atoms with Crippen molar-refractivity contribution in [3.63, 3.8) is 0 Å². The zero-order valence-corrected chi connectivity index (χ0v) is 15.6. The van der Waals surface area contributed by atoms with Crippen molar-refractivity contribution in [2.45, 2.75) is 31.6 Å². The predicted octanol–water partition coefficient (Wildman–Crippen LogP) is 3.41. The van der Waals surface area contributed by atoms with Gasteiger partial charge in [0.1, 0.15) is 5.75 Å². The number of nitrogens with one attached hydrogen (secondary N) is 1. The number of methoxy groups -OCH3 is 1. The van der Waals surface area contributed by atoms with Gasteiger partial charge in [0.15, 0.2) is 0 Å². The van der Waals surface area contributed by atoms with Gasteiger partial charge in [0, 0.05) is 30.7 Å². The van der Waals surface area contributed by atoms with Gasteiger partial charge in [-0.15, -0.1) is 0 Å². The summed E-state index contributed by atoms with van der Waals surface area (Å²) >= 11 is 0. The van der Waals surface area contributed by atoms with Gasteiger partial charge in [0.25, 0.3) is 0 Å². The first-order chi connectivity index (χ1) is 12.6. The number of aryl methyl sites for hydroxylation is 1. The normalized spacial score (nSPS) is 16.1. The molecule has 138 valence electrons. The van der Waals surface area contributed by atoms with E-state index >= 15 is 0 Å². The number of carbonyl (C=O) groups is 1. The summed E-state index contributed by atoms with van der Waals surface area (Å²) in [6, 6.07) is 16.2. The van der Waals surface area contributed by atoms with Crippen LogP contribution in [0.3, 0.4) is 0 Å². The van der Waals surface area contributed by atoms with Crippen LogP contribution < -0.4 is 10.1 Å². The minimum Gasteiger partial charge on any atom is -0.496 e. The highest BCUT2D eigenvalue weighted by Crippen LogP contribution is 2.39. The van der Waals surface area contributed by atoms with Gasteiger partial charge < -0.3 is 14.8 Å². The molecule has 0 unspecified atom stereocenters. The molecule has 0 atom stereocenters. The van der Waals surface area contributed by atoms with Crippen molar-refractivity contribution in [3.8, 4) is 5.75 Å². The van der Waals surface area contributed by atoms with Gasteiger partial charge in [-0.1, -0.05) is 48.0 Å². The summed E-state index contributed by atoms with van der Waals surface area (Å²) in [5, 5.41) is 3.16. The minimum atomic E-state index is -0.146. The van der Waals surface area contributed by atoms with E-state index in [1.165, 1.54) is 5.56 Å². The van der Waals surface area contributed by atoms with E-state index < -0.39 is 0 Å². The van der Waals surface area contributed by atoms with Crippen LogP contribution in [0.4, 0.5) is 0 Å². The Balaban J connectivity index is 1.73. The quantitative estimate of drug-likeness (QED) is 0.866. The molecule has 3 rings (SSSR count). The maximum absolute atomic E-state index is 12.5. The summed E-state index contributed by atoms with van der Waals surface area (Å²) in [4.78, 5) is 12.5. The summed E-state index contributed by atoms with van der Waals surface area (Å²) < 4.78 is 11.2. The van der Waals surface area contributed by atoms with E-state index in [0.717, 1.165) is 29.7 Å². The third kappa shape index (κ3) is 4.25. The second kappa shape index (κ2) is 8.37. The van der Waals surface area contributed by atoms with Crippen molar-refractivity contribution >= 4 is 5.91 Å². The molecule has 1 fully saturated rings. The first-order valence-corrected chi connectivity index (χ1v) is 9.16. The number of benzene rings is 2. The first kappa shape index (κ1) is 18.5. The van der Waals surface area contributed by atoms with Crippen molar-refractivity contribution in [2.24, 2.45) is 0 Å². The van der Waals surface area contributed by atoms with Crippen LogP contribution in [0.25, 0.3) is 0 Å². The molecule has 1 amide bonds. The fourth-order valence-corrected chi connectivity index (χ4v) is 3.72. The molecular formula is C22H27NO3. The standard InChI is InChI=1S/C22H27NO3/c1-17-6-5-7-18(14-17)15-21(24)23-16-22(10-12-26-13-11-22)19-8-3-4-9-20(19)25-2/h3-9,14H,10-13,15-16H2,1-2H3,(H,23,24). The molecule has 1 N–H and O–H groups in total. The zero-order valence-electron chi connectivity index (χ0n) is 15.6. The molecule has 0 aromatic heterocycles. The molecule has 2 aromatic rings. The number of para-hydroxylation sites is 1. The van der Waals surface area contributed by atoms with E-state index in [4.69, 9.17) is 9.47 Å². The molecule has 0 radical (unpaired) electrons. The molecule has 26 heavy (non-hydrogen) atoms. The number of hydrogen-bond donors (Lipinski definition) is 1. The minimum absolute atomic E-state index is 0.0522. The van der Waals surface area contributed by atoms with Crippen molar-refractivity contribution in [1.82, 2.24) is 5.32 Å². The second-order valence-electron chi connectivity index (χ2n) is 7.04. The van der Waals surface area contributed by atoms with Crippen molar-refractivity contribution in [3.05, 3.63) is 65.2 Å². The Labute approximate surface area is 155 Å². The lowest BCUT2D eigenvalue weighted by molar-refractivity contribution is -0.121.